The summed E-state index contributed by atoms with van der Waals surface area (Å²) in [6.07, 6.45) is 1.86. The average molecular weight is 450 g/mol. The Morgan fingerprint density at radius 1 is 1.23 bits per heavy atom. The maximum Gasteiger partial charge on any atom is 0.305 e. The maximum atomic E-state index is 14.1. The fourth-order valence-corrected chi connectivity index (χ4v) is 6.30. The molecule has 0 radical (unpaired) electrons. The highest BCUT2D eigenvalue weighted by Gasteiger charge is 2.50. The second kappa shape index (κ2) is 7.39. The van der Waals surface area contributed by atoms with Crippen LogP contribution in [-0.2, 0) is 32.3 Å². The van der Waals surface area contributed by atoms with Crippen molar-refractivity contribution in [3.63, 3.8) is 0 Å². The number of hydrogen-bond donors (Lipinski definition) is 1. The van der Waals surface area contributed by atoms with Crippen molar-refractivity contribution >= 4 is 38.3 Å². The van der Waals surface area contributed by atoms with Crippen LogP contribution in [0, 0.1) is 5.82 Å². The van der Waals surface area contributed by atoms with Gasteiger partial charge in [-0.3, -0.25) is 4.79 Å². The van der Waals surface area contributed by atoms with Crippen molar-refractivity contribution in [2.45, 2.75) is 37.0 Å². The molecule has 0 saturated heterocycles. The van der Waals surface area contributed by atoms with Crippen LogP contribution in [0.1, 0.15) is 36.1 Å². The molecule has 0 aliphatic heterocycles. The average Bonchev–Trinajstić information content (AvgIpc) is 2.96. The standard InChI is InChI=1S/C22H21ClFNO4S/c1-30(28,29)22(12-20(26)27)10-2-3-17-18-11-16(24)8-9-19(18)25(21(17)22)13-14-4-6-15(23)7-5-14/h4-9,11H,2-3,10,12-13H2,1H3,(H,26,27). The first-order valence-electron chi connectivity index (χ1n) is 9.59. The van der Waals surface area contributed by atoms with Crippen LogP contribution in [0.15, 0.2) is 42.5 Å². The van der Waals surface area contributed by atoms with Crippen molar-refractivity contribution in [1.82, 2.24) is 4.57 Å². The van der Waals surface area contributed by atoms with E-state index in [0.29, 0.717) is 41.0 Å². The summed E-state index contributed by atoms with van der Waals surface area (Å²) in [6, 6.07) is 11.5. The summed E-state index contributed by atoms with van der Waals surface area (Å²) < 4.78 is 40.4. The first kappa shape index (κ1) is 20.9. The molecule has 1 N–H and O–H groups in total. The third-order valence-electron chi connectivity index (χ3n) is 5.97. The van der Waals surface area contributed by atoms with Gasteiger partial charge in [-0.15, -0.1) is 0 Å². The largest absolute Gasteiger partial charge is 0.481 e. The highest BCUT2D eigenvalue weighted by atomic mass is 35.5. The van der Waals surface area contributed by atoms with E-state index in [1.165, 1.54) is 12.1 Å². The topological polar surface area (TPSA) is 76.4 Å². The number of carbonyl (C=O) groups is 1. The van der Waals surface area contributed by atoms with Crippen molar-refractivity contribution in [2.75, 3.05) is 6.26 Å². The predicted octanol–water partition coefficient (Wildman–Crippen LogP) is 4.53. The van der Waals surface area contributed by atoms with Gasteiger partial charge < -0.3 is 9.67 Å². The van der Waals surface area contributed by atoms with Crippen LogP contribution in [0.25, 0.3) is 10.9 Å². The predicted molar refractivity (Wildman–Crippen MR) is 114 cm³/mol. The van der Waals surface area contributed by atoms with E-state index in [0.717, 1.165) is 17.4 Å². The van der Waals surface area contributed by atoms with Gasteiger partial charge in [0.05, 0.1) is 6.42 Å². The molecule has 0 bridgehead atoms. The van der Waals surface area contributed by atoms with E-state index in [-0.39, 0.29) is 6.42 Å². The minimum absolute atomic E-state index is 0.213. The summed E-state index contributed by atoms with van der Waals surface area (Å²) in [5.41, 5.74) is 2.76. The lowest BCUT2D eigenvalue weighted by Gasteiger charge is -2.36. The number of carboxylic acids is 1. The molecule has 0 fully saturated rings. The lowest BCUT2D eigenvalue weighted by molar-refractivity contribution is -0.138. The number of aryl methyl sites for hydroxylation is 1. The Morgan fingerprint density at radius 2 is 1.93 bits per heavy atom. The van der Waals surface area contributed by atoms with Gasteiger partial charge in [0.15, 0.2) is 9.84 Å². The van der Waals surface area contributed by atoms with Crippen LogP contribution in [0.2, 0.25) is 5.02 Å². The number of hydrogen-bond acceptors (Lipinski definition) is 3. The van der Waals surface area contributed by atoms with E-state index < -0.39 is 32.8 Å². The highest BCUT2D eigenvalue weighted by molar-refractivity contribution is 7.91. The van der Waals surface area contributed by atoms with Crippen molar-refractivity contribution < 1.29 is 22.7 Å². The van der Waals surface area contributed by atoms with Gasteiger partial charge in [-0.05, 0) is 60.7 Å². The normalized spacial score (nSPS) is 19.0. The maximum absolute atomic E-state index is 14.1. The third-order valence-corrected chi connectivity index (χ3v) is 8.18. The van der Waals surface area contributed by atoms with Crippen molar-refractivity contribution in [1.29, 1.82) is 0 Å². The summed E-state index contributed by atoms with van der Waals surface area (Å²) >= 11 is 5.99. The van der Waals surface area contributed by atoms with Gasteiger partial charge in [-0.1, -0.05) is 23.7 Å². The minimum atomic E-state index is -3.79. The molecule has 1 aromatic heterocycles. The summed E-state index contributed by atoms with van der Waals surface area (Å²) in [7, 11) is -3.79. The molecule has 1 unspecified atom stereocenters. The van der Waals surface area contributed by atoms with E-state index in [2.05, 4.69) is 0 Å². The van der Waals surface area contributed by atoms with E-state index >= 15 is 0 Å². The van der Waals surface area contributed by atoms with Crippen molar-refractivity contribution in [3.05, 3.63) is 70.1 Å². The van der Waals surface area contributed by atoms with Crippen molar-refractivity contribution in [3.8, 4) is 0 Å². The summed E-state index contributed by atoms with van der Waals surface area (Å²) in [5.74, 6) is -1.59. The molecule has 3 aromatic rings. The Balaban J connectivity index is 2.06. The Labute approximate surface area is 179 Å². The van der Waals surface area contributed by atoms with Crippen LogP contribution < -0.4 is 0 Å². The Kier molecular flexibility index (Phi) is 5.14. The fourth-order valence-electron chi connectivity index (χ4n) is 4.68. The number of aliphatic carboxylic acids is 1. The van der Waals surface area contributed by atoms with Gasteiger partial charge in [0.2, 0.25) is 0 Å². The van der Waals surface area contributed by atoms with Crippen LogP contribution >= 0.6 is 11.6 Å². The molecule has 1 aliphatic rings. The number of rotatable bonds is 5. The molecule has 0 spiro atoms. The molecule has 1 heterocycles. The van der Waals surface area contributed by atoms with Crippen LogP contribution in [0.5, 0.6) is 0 Å². The molecule has 0 amide bonds. The second-order valence-corrected chi connectivity index (χ2v) is 10.7. The second-order valence-electron chi connectivity index (χ2n) is 7.89. The molecule has 1 atom stereocenters. The number of carboxylic acid groups (broad SMARTS) is 1. The fraction of sp³-hybridized carbons (Fsp3) is 0.318. The molecule has 8 heteroatoms. The zero-order valence-electron chi connectivity index (χ0n) is 16.4. The van der Waals surface area contributed by atoms with Crippen LogP contribution in [-0.4, -0.2) is 30.3 Å². The first-order chi connectivity index (χ1) is 14.1. The van der Waals surface area contributed by atoms with Gasteiger partial charge in [-0.2, -0.15) is 0 Å². The highest BCUT2D eigenvalue weighted by Crippen LogP contribution is 2.48. The lowest BCUT2D eigenvalue weighted by Crippen LogP contribution is -2.42. The monoisotopic (exact) mass is 449 g/mol. The number of halogens is 2. The zero-order valence-corrected chi connectivity index (χ0v) is 17.9. The third kappa shape index (κ3) is 3.40. The molecule has 158 valence electrons. The van der Waals surface area contributed by atoms with E-state index in [4.69, 9.17) is 11.6 Å². The minimum Gasteiger partial charge on any atom is -0.481 e. The number of aromatic nitrogens is 1. The van der Waals surface area contributed by atoms with Crippen LogP contribution in [0.3, 0.4) is 0 Å². The van der Waals surface area contributed by atoms with E-state index in [1.54, 1.807) is 18.2 Å². The number of sulfone groups is 1. The Bertz CT molecular complexity index is 1250. The number of nitrogens with zero attached hydrogens (tertiary/aromatic N) is 1. The van der Waals surface area contributed by atoms with Crippen LogP contribution in [0.4, 0.5) is 4.39 Å². The van der Waals surface area contributed by atoms with Gasteiger partial charge in [-0.25, -0.2) is 12.8 Å². The van der Waals surface area contributed by atoms with E-state index in [1.807, 2.05) is 16.7 Å². The molecule has 2 aromatic carbocycles. The molecule has 30 heavy (non-hydrogen) atoms. The molecule has 5 nitrogen and oxygen atoms in total. The van der Waals surface area contributed by atoms with Gasteiger partial charge >= 0.3 is 5.97 Å². The first-order valence-corrected chi connectivity index (χ1v) is 11.9. The smallest absolute Gasteiger partial charge is 0.305 e. The van der Waals surface area contributed by atoms with E-state index in [9.17, 15) is 22.7 Å². The number of fused-ring (bicyclic) bond motifs is 3. The van der Waals surface area contributed by atoms with Gasteiger partial charge in [0.1, 0.15) is 10.6 Å². The molecular weight excluding hydrogens is 429 g/mol. The molecular formula is C22H21ClFNO4S. The molecule has 0 saturated carbocycles. The summed E-state index contributed by atoms with van der Waals surface area (Å²) in [6.45, 7) is 0.325. The Morgan fingerprint density at radius 3 is 2.57 bits per heavy atom. The molecule has 4 rings (SSSR count). The summed E-state index contributed by atoms with van der Waals surface area (Å²) in [5, 5.41) is 10.8. The zero-order chi connectivity index (χ0) is 21.7. The summed E-state index contributed by atoms with van der Waals surface area (Å²) in [4.78, 5) is 11.8. The molecule has 1 aliphatic carbocycles. The van der Waals surface area contributed by atoms with Gasteiger partial charge in [0, 0.05) is 34.4 Å². The number of benzene rings is 2. The van der Waals surface area contributed by atoms with Crippen molar-refractivity contribution in [2.24, 2.45) is 0 Å². The lowest BCUT2D eigenvalue weighted by atomic mass is 9.83. The van der Waals surface area contributed by atoms with Gasteiger partial charge in [0.25, 0.3) is 0 Å². The SMILES string of the molecule is CS(=O)(=O)C1(CC(=O)O)CCCc2c1n(Cc1ccc(Cl)cc1)c1ccc(F)cc21. The quantitative estimate of drug-likeness (QED) is 0.620. The Hall–Kier alpha value is -2.38.